The fraction of sp³-hybridized carbons (Fsp3) is 0.500. The Balaban J connectivity index is 1.67. The van der Waals surface area contributed by atoms with Crippen LogP contribution in [0.1, 0.15) is 50.0 Å². The molecule has 2 heterocycles. The van der Waals surface area contributed by atoms with Crippen molar-refractivity contribution in [1.29, 1.82) is 0 Å². The van der Waals surface area contributed by atoms with Gasteiger partial charge in [-0.25, -0.2) is 0 Å². The summed E-state index contributed by atoms with van der Waals surface area (Å²) in [6.45, 7) is 4.47. The third-order valence-electron chi connectivity index (χ3n) is 4.76. The van der Waals surface area contributed by atoms with E-state index in [4.69, 9.17) is 16.0 Å². The summed E-state index contributed by atoms with van der Waals surface area (Å²) in [6.07, 6.45) is 3.36. The summed E-state index contributed by atoms with van der Waals surface area (Å²) in [4.78, 5) is 13.6. The topological polar surface area (TPSA) is 59.2 Å². The van der Waals surface area contributed by atoms with Gasteiger partial charge in [-0.3, -0.25) is 4.79 Å². The highest BCUT2D eigenvalue weighted by Gasteiger charge is 2.33. The van der Waals surface area contributed by atoms with Crippen LogP contribution in [0.5, 0.6) is 0 Å². The molecule has 0 N–H and O–H groups in total. The molecule has 1 saturated heterocycles. The van der Waals surface area contributed by atoms with Gasteiger partial charge in [0.2, 0.25) is 17.7 Å². The quantitative estimate of drug-likeness (QED) is 0.847. The van der Waals surface area contributed by atoms with E-state index in [2.05, 4.69) is 17.1 Å². The maximum Gasteiger partial charge on any atom is 0.221 e. The molecule has 1 aromatic carbocycles. The lowest BCUT2D eigenvalue weighted by molar-refractivity contribution is -0.132. The van der Waals surface area contributed by atoms with Gasteiger partial charge in [0.1, 0.15) is 0 Å². The molecule has 3 rings (SSSR count). The van der Waals surface area contributed by atoms with Gasteiger partial charge in [0.15, 0.2) is 0 Å². The second-order valence-corrected chi connectivity index (χ2v) is 6.73. The van der Waals surface area contributed by atoms with Crippen LogP contribution >= 0.6 is 11.6 Å². The first kappa shape index (κ1) is 17.0. The van der Waals surface area contributed by atoms with Crippen LogP contribution in [0.3, 0.4) is 0 Å². The lowest BCUT2D eigenvalue weighted by Crippen LogP contribution is -2.44. The Labute approximate surface area is 147 Å². The Morgan fingerprint density at radius 2 is 2.12 bits per heavy atom. The van der Waals surface area contributed by atoms with Gasteiger partial charge in [-0.05, 0) is 37.8 Å². The van der Waals surface area contributed by atoms with E-state index in [-0.39, 0.29) is 17.9 Å². The number of benzene rings is 1. The van der Waals surface area contributed by atoms with E-state index in [0.29, 0.717) is 18.2 Å². The Kier molecular flexibility index (Phi) is 5.19. The number of rotatable bonds is 4. The lowest BCUT2D eigenvalue weighted by Gasteiger charge is -2.37. The van der Waals surface area contributed by atoms with E-state index in [1.807, 2.05) is 29.2 Å². The van der Waals surface area contributed by atoms with Crippen LogP contribution in [0.25, 0.3) is 0 Å². The summed E-state index contributed by atoms with van der Waals surface area (Å²) in [5, 5.41) is 9.17. The SMILES string of the molecule is CC(=O)N1CCC[C@H](c2nnc(CCc3ccccc3Cl)o2)[C@@H]1C. The van der Waals surface area contributed by atoms with Gasteiger partial charge in [-0.15, -0.1) is 10.2 Å². The highest BCUT2D eigenvalue weighted by Crippen LogP contribution is 2.32. The van der Waals surface area contributed by atoms with Crippen molar-refractivity contribution in [2.75, 3.05) is 6.54 Å². The van der Waals surface area contributed by atoms with Gasteiger partial charge in [-0.2, -0.15) is 0 Å². The summed E-state index contributed by atoms with van der Waals surface area (Å²) < 4.78 is 5.88. The molecule has 6 heteroatoms. The molecule has 1 fully saturated rings. The normalized spacial score (nSPS) is 21.0. The van der Waals surface area contributed by atoms with Crippen LogP contribution in [0.2, 0.25) is 5.02 Å². The third kappa shape index (κ3) is 3.61. The van der Waals surface area contributed by atoms with Crippen LogP contribution in [-0.2, 0) is 17.6 Å². The predicted octanol–water partition coefficient (Wildman–Crippen LogP) is 3.62. The fourth-order valence-electron chi connectivity index (χ4n) is 3.38. The molecule has 0 radical (unpaired) electrons. The molecule has 1 aliphatic heterocycles. The van der Waals surface area contributed by atoms with Crippen molar-refractivity contribution in [3.8, 4) is 0 Å². The van der Waals surface area contributed by atoms with Gasteiger partial charge in [-0.1, -0.05) is 29.8 Å². The molecule has 5 nitrogen and oxygen atoms in total. The zero-order chi connectivity index (χ0) is 17.1. The number of hydrogen-bond acceptors (Lipinski definition) is 4. The number of carbonyl (C=O) groups excluding carboxylic acids is 1. The number of aryl methyl sites for hydroxylation is 2. The zero-order valence-corrected chi connectivity index (χ0v) is 14.8. The minimum absolute atomic E-state index is 0.0908. The molecular formula is C18H22ClN3O2. The van der Waals surface area contributed by atoms with Crippen molar-refractivity contribution in [3.05, 3.63) is 46.6 Å². The minimum atomic E-state index is 0.0908. The first-order chi connectivity index (χ1) is 11.6. The van der Waals surface area contributed by atoms with E-state index >= 15 is 0 Å². The van der Waals surface area contributed by atoms with Crippen molar-refractivity contribution < 1.29 is 9.21 Å². The van der Waals surface area contributed by atoms with Gasteiger partial charge in [0.25, 0.3) is 0 Å². The fourth-order valence-corrected chi connectivity index (χ4v) is 3.61. The van der Waals surface area contributed by atoms with Crippen LogP contribution in [0.15, 0.2) is 28.7 Å². The molecule has 0 aliphatic carbocycles. The second-order valence-electron chi connectivity index (χ2n) is 6.33. The Morgan fingerprint density at radius 1 is 1.33 bits per heavy atom. The summed E-state index contributed by atoms with van der Waals surface area (Å²) in [5.41, 5.74) is 1.08. The van der Waals surface area contributed by atoms with E-state index in [1.165, 1.54) is 0 Å². The highest BCUT2D eigenvalue weighted by atomic mass is 35.5. The Hall–Kier alpha value is -1.88. The molecule has 1 amide bonds. The average molecular weight is 348 g/mol. The Bertz CT molecular complexity index is 716. The molecular weight excluding hydrogens is 326 g/mol. The van der Waals surface area contributed by atoms with Crippen molar-refractivity contribution >= 4 is 17.5 Å². The van der Waals surface area contributed by atoms with Crippen LogP contribution in [0.4, 0.5) is 0 Å². The molecule has 0 unspecified atom stereocenters. The van der Waals surface area contributed by atoms with E-state index in [0.717, 1.165) is 36.4 Å². The molecule has 0 spiro atoms. The first-order valence-corrected chi connectivity index (χ1v) is 8.77. The highest BCUT2D eigenvalue weighted by molar-refractivity contribution is 6.31. The minimum Gasteiger partial charge on any atom is -0.425 e. The largest absolute Gasteiger partial charge is 0.425 e. The predicted molar refractivity (Wildman–Crippen MR) is 92.0 cm³/mol. The van der Waals surface area contributed by atoms with Crippen molar-refractivity contribution in [3.63, 3.8) is 0 Å². The maximum absolute atomic E-state index is 11.7. The first-order valence-electron chi connectivity index (χ1n) is 8.39. The van der Waals surface area contributed by atoms with E-state index < -0.39 is 0 Å². The number of hydrogen-bond donors (Lipinski definition) is 0. The molecule has 0 saturated carbocycles. The number of likely N-dealkylation sites (tertiary alicyclic amines) is 1. The lowest BCUT2D eigenvalue weighted by atomic mass is 9.90. The monoisotopic (exact) mass is 347 g/mol. The van der Waals surface area contributed by atoms with Crippen LogP contribution in [0, 0.1) is 0 Å². The molecule has 2 atom stereocenters. The van der Waals surface area contributed by atoms with Crippen LogP contribution < -0.4 is 0 Å². The molecule has 128 valence electrons. The Morgan fingerprint density at radius 3 is 2.88 bits per heavy atom. The number of aromatic nitrogens is 2. The van der Waals surface area contributed by atoms with Crippen molar-refractivity contribution in [2.45, 2.75) is 51.5 Å². The smallest absolute Gasteiger partial charge is 0.221 e. The van der Waals surface area contributed by atoms with Gasteiger partial charge < -0.3 is 9.32 Å². The molecule has 0 bridgehead atoms. The van der Waals surface area contributed by atoms with E-state index in [1.54, 1.807) is 6.92 Å². The van der Waals surface area contributed by atoms with Crippen LogP contribution in [-0.4, -0.2) is 33.6 Å². The molecule has 1 aliphatic rings. The maximum atomic E-state index is 11.7. The summed E-state index contributed by atoms with van der Waals surface area (Å²) in [7, 11) is 0. The third-order valence-corrected chi connectivity index (χ3v) is 5.13. The number of nitrogens with zero attached hydrogens (tertiary/aromatic N) is 3. The number of piperidine rings is 1. The number of halogens is 1. The summed E-state index contributed by atoms with van der Waals surface area (Å²) >= 11 is 6.18. The summed E-state index contributed by atoms with van der Waals surface area (Å²) in [5.74, 6) is 1.48. The molecule has 1 aromatic heterocycles. The van der Waals surface area contributed by atoms with Gasteiger partial charge in [0.05, 0.1) is 5.92 Å². The second kappa shape index (κ2) is 7.34. The summed E-state index contributed by atoms with van der Waals surface area (Å²) in [6, 6.07) is 7.87. The zero-order valence-electron chi connectivity index (χ0n) is 14.0. The van der Waals surface area contributed by atoms with Crippen molar-refractivity contribution in [2.24, 2.45) is 0 Å². The number of carbonyl (C=O) groups is 1. The molecule has 24 heavy (non-hydrogen) atoms. The molecule has 2 aromatic rings. The van der Waals surface area contributed by atoms with Crippen molar-refractivity contribution in [1.82, 2.24) is 15.1 Å². The van der Waals surface area contributed by atoms with Gasteiger partial charge >= 0.3 is 0 Å². The average Bonchev–Trinajstić information content (AvgIpc) is 3.03. The van der Waals surface area contributed by atoms with E-state index in [9.17, 15) is 4.79 Å². The standard InChI is InChI=1S/C18H22ClN3O2/c1-12-15(7-5-11-22(12)13(2)23)18-21-20-17(24-18)10-9-14-6-3-4-8-16(14)19/h3-4,6,8,12,15H,5,7,9-11H2,1-2H3/t12-,15-/m0/s1. The number of amides is 1. The van der Waals surface area contributed by atoms with Gasteiger partial charge in [0, 0.05) is 31.0 Å².